The van der Waals surface area contributed by atoms with Gasteiger partial charge in [-0.15, -0.1) is 0 Å². The summed E-state index contributed by atoms with van der Waals surface area (Å²) in [7, 11) is 1.74. The molecule has 0 unspecified atom stereocenters. The Morgan fingerprint density at radius 1 is 1.33 bits per heavy atom. The van der Waals surface area contributed by atoms with E-state index < -0.39 is 0 Å². The van der Waals surface area contributed by atoms with E-state index >= 15 is 0 Å². The van der Waals surface area contributed by atoms with Crippen LogP contribution in [0.15, 0.2) is 11.0 Å². The van der Waals surface area contributed by atoms with E-state index in [0.717, 1.165) is 43.1 Å². The van der Waals surface area contributed by atoms with E-state index in [0.29, 0.717) is 5.52 Å². The normalized spacial score (nSPS) is 21.1. The van der Waals surface area contributed by atoms with Gasteiger partial charge in [-0.05, 0) is 38.1 Å². The standard InChI is InChI=1S/C19H28N6O2/c1-12(2)17-15-9-20-23(3)18(15)19(27)25(22-17)11-16(26)21-13-5-4-8-24(10-13)14-6-7-14/h9,12-14H,4-8,10-11H2,1-3H3,(H,21,26)/t13-/m1/s1. The van der Waals surface area contributed by atoms with Crippen molar-refractivity contribution < 1.29 is 4.79 Å². The predicted molar refractivity (Wildman–Crippen MR) is 103 cm³/mol. The Balaban J connectivity index is 1.52. The highest BCUT2D eigenvalue weighted by Crippen LogP contribution is 2.29. The minimum absolute atomic E-state index is 0.0560. The van der Waals surface area contributed by atoms with E-state index in [1.54, 1.807) is 17.9 Å². The second-order valence-electron chi connectivity index (χ2n) is 8.17. The smallest absolute Gasteiger partial charge is 0.293 e. The number of nitrogens with zero attached hydrogens (tertiary/aromatic N) is 5. The molecule has 2 aliphatic rings. The number of aromatic nitrogens is 4. The van der Waals surface area contributed by atoms with Gasteiger partial charge in [-0.1, -0.05) is 13.8 Å². The third kappa shape index (κ3) is 3.63. The highest BCUT2D eigenvalue weighted by atomic mass is 16.2. The first-order valence-corrected chi connectivity index (χ1v) is 9.90. The molecular formula is C19H28N6O2. The number of nitrogens with one attached hydrogen (secondary N) is 1. The van der Waals surface area contributed by atoms with Crippen LogP contribution in [0.5, 0.6) is 0 Å². The van der Waals surface area contributed by atoms with Gasteiger partial charge in [-0.2, -0.15) is 10.2 Å². The Kier molecular flexibility index (Phi) is 4.75. The molecule has 0 aromatic carbocycles. The van der Waals surface area contributed by atoms with Crippen LogP contribution in [0.2, 0.25) is 0 Å². The van der Waals surface area contributed by atoms with E-state index in [1.165, 1.54) is 17.5 Å². The highest BCUT2D eigenvalue weighted by molar-refractivity contribution is 5.81. The summed E-state index contributed by atoms with van der Waals surface area (Å²) in [6.07, 6.45) is 6.34. The number of amides is 1. The van der Waals surface area contributed by atoms with Gasteiger partial charge in [0.25, 0.3) is 5.56 Å². The molecule has 1 amide bonds. The van der Waals surface area contributed by atoms with Crippen molar-refractivity contribution in [1.82, 2.24) is 29.8 Å². The van der Waals surface area contributed by atoms with Gasteiger partial charge in [0.2, 0.25) is 5.91 Å². The quantitative estimate of drug-likeness (QED) is 0.846. The molecule has 8 nitrogen and oxygen atoms in total. The Morgan fingerprint density at radius 2 is 2.11 bits per heavy atom. The van der Waals surface area contributed by atoms with Gasteiger partial charge in [0.05, 0.1) is 11.9 Å². The van der Waals surface area contributed by atoms with Crippen LogP contribution in [0.4, 0.5) is 0 Å². The first-order chi connectivity index (χ1) is 12.9. The van der Waals surface area contributed by atoms with Crippen LogP contribution in [0.1, 0.15) is 51.1 Å². The van der Waals surface area contributed by atoms with E-state index in [2.05, 4.69) is 20.4 Å². The molecule has 0 spiro atoms. The molecule has 1 aliphatic carbocycles. The van der Waals surface area contributed by atoms with Crippen LogP contribution in [-0.2, 0) is 18.4 Å². The summed E-state index contributed by atoms with van der Waals surface area (Å²) < 4.78 is 2.85. The molecule has 146 valence electrons. The first kappa shape index (κ1) is 18.2. The second-order valence-corrected chi connectivity index (χ2v) is 8.17. The van der Waals surface area contributed by atoms with Gasteiger partial charge in [0.1, 0.15) is 12.1 Å². The molecule has 4 rings (SSSR count). The molecule has 27 heavy (non-hydrogen) atoms. The average Bonchev–Trinajstić information content (AvgIpc) is 3.40. The molecule has 8 heteroatoms. The number of fused-ring (bicyclic) bond motifs is 1. The summed E-state index contributed by atoms with van der Waals surface area (Å²) in [5.41, 5.74) is 1.02. The lowest BCUT2D eigenvalue weighted by molar-refractivity contribution is -0.123. The fourth-order valence-electron chi connectivity index (χ4n) is 4.07. The predicted octanol–water partition coefficient (Wildman–Crippen LogP) is 0.996. The largest absolute Gasteiger partial charge is 0.350 e. The molecule has 1 saturated carbocycles. The maximum absolute atomic E-state index is 12.8. The third-order valence-electron chi connectivity index (χ3n) is 5.60. The number of carbonyl (C=O) groups is 1. The maximum Gasteiger partial charge on any atom is 0.293 e. The van der Waals surface area contributed by atoms with Gasteiger partial charge in [0.15, 0.2) is 0 Å². The van der Waals surface area contributed by atoms with Gasteiger partial charge in [-0.3, -0.25) is 19.2 Å². The molecule has 1 atom stereocenters. The lowest BCUT2D eigenvalue weighted by Gasteiger charge is -2.33. The number of rotatable bonds is 5. The van der Waals surface area contributed by atoms with E-state index in [-0.39, 0.29) is 30.0 Å². The summed E-state index contributed by atoms with van der Waals surface area (Å²) in [5, 5.41) is 12.6. The average molecular weight is 372 g/mol. The van der Waals surface area contributed by atoms with Crippen LogP contribution < -0.4 is 10.9 Å². The Morgan fingerprint density at radius 3 is 2.81 bits per heavy atom. The molecule has 2 aromatic heterocycles. The van der Waals surface area contributed by atoms with Gasteiger partial charge in [-0.25, -0.2) is 4.68 Å². The van der Waals surface area contributed by atoms with Crippen molar-refractivity contribution in [3.05, 3.63) is 22.2 Å². The topological polar surface area (TPSA) is 85.1 Å². The van der Waals surface area contributed by atoms with Gasteiger partial charge < -0.3 is 5.32 Å². The van der Waals surface area contributed by atoms with Crippen molar-refractivity contribution in [2.75, 3.05) is 13.1 Å². The number of aryl methyl sites for hydroxylation is 1. The number of hydrogen-bond donors (Lipinski definition) is 1. The van der Waals surface area contributed by atoms with Crippen molar-refractivity contribution in [3.63, 3.8) is 0 Å². The molecular weight excluding hydrogens is 344 g/mol. The van der Waals surface area contributed by atoms with Crippen LogP contribution >= 0.6 is 0 Å². The summed E-state index contributed by atoms with van der Waals surface area (Å²) in [4.78, 5) is 27.9. The highest BCUT2D eigenvalue weighted by Gasteiger charge is 2.33. The van der Waals surface area contributed by atoms with Gasteiger partial charge in [0, 0.05) is 31.1 Å². The first-order valence-electron chi connectivity index (χ1n) is 9.90. The molecule has 0 radical (unpaired) electrons. The van der Waals surface area contributed by atoms with E-state index in [9.17, 15) is 9.59 Å². The Hall–Kier alpha value is -2.22. The second kappa shape index (κ2) is 7.07. The lowest BCUT2D eigenvalue weighted by Crippen LogP contribution is -2.49. The van der Waals surface area contributed by atoms with Crippen LogP contribution in [0.3, 0.4) is 0 Å². The Bertz CT molecular complexity index is 911. The molecule has 1 aliphatic heterocycles. The van der Waals surface area contributed by atoms with E-state index in [1.807, 2.05) is 13.8 Å². The molecule has 2 fully saturated rings. The summed E-state index contributed by atoms with van der Waals surface area (Å²) >= 11 is 0. The molecule has 0 bridgehead atoms. The number of carbonyl (C=O) groups excluding carboxylic acids is 1. The Labute approximate surface area is 158 Å². The summed E-state index contributed by atoms with van der Waals surface area (Å²) in [6.45, 7) is 6.04. The molecule has 3 heterocycles. The van der Waals surface area contributed by atoms with Crippen molar-refractivity contribution in [3.8, 4) is 0 Å². The van der Waals surface area contributed by atoms with Gasteiger partial charge >= 0.3 is 0 Å². The summed E-state index contributed by atoms with van der Waals surface area (Å²) in [6, 6.07) is 0.877. The third-order valence-corrected chi connectivity index (χ3v) is 5.60. The minimum Gasteiger partial charge on any atom is -0.350 e. The number of hydrogen-bond acceptors (Lipinski definition) is 5. The van der Waals surface area contributed by atoms with Crippen LogP contribution in [0.25, 0.3) is 10.9 Å². The van der Waals surface area contributed by atoms with Crippen molar-refractivity contribution in [2.45, 2.75) is 64.1 Å². The fraction of sp³-hybridized carbons (Fsp3) is 0.684. The zero-order valence-electron chi connectivity index (χ0n) is 16.3. The van der Waals surface area contributed by atoms with E-state index in [4.69, 9.17) is 0 Å². The zero-order valence-corrected chi connectivity index (χ0v) is 16.3. The van der Waals surface area contributed by atoms with Crippen LogP contribution in [-0.4, -0.2) is 55.5 Å². The molecule has 1 saturated heterocycles. The molecule has 1 N–H and O–H groups in total. The van der Waals surface area contributed by atoms with Crippen LogP contribution in [0, 0.1) is 0 Å². The minimum atomic E-state index is -0.271. The molecule has 2 aromatic rings. The maximum atomic E-state index is 12.8. The fourth-order valence-corrected chi connectivity index (χ4v) is 4.07. The number of likely N-dealkylation sites (tertiary alicyclic amines) is 1. The monoisotopic (exact) mass is 372 g/mol. The summed E-state index contributed by atoms with van der Waals surface area (Å²) in [5.74, 6) is -0.0134. The van der Waals surface area contributed by atoms with Crippen molar-refractivity contribution >= 4 is 16.8 Å². The lowest BCUT2D eigenvalue weighted by atomic mass is 10.1. The van der Waals surface area contributed by atoms with Crippen molar-refractivity contribution in [1.29, 1.82) is 0 Å². The van der Waals surface area contributed by atoms with Crippen molar-refractivity contribution in [2.24, 2.45) is 7.05 Å². The SMILES string of the molecule is CC(C)c1nn(CC(=O)N[C@@H]2CCCN(C3CC3)C2)c(=O)c2c1cnn2C. The zero-order chi connectivity index (χ0) is 19.1. The number of piperidine rings is 1.